The summed E-state index contributed by atoms with van der Waals surface area (Å²) in [7, 11) is 0. The zero-order valence-electron chi connectivity index (χ0n) is 14.6. The molecule has 1 aliphatic rings. The third kappa shape index (κ3) is 6.19. The van der Waals surface area contributed by atoms with E-state index < -0.39 is 0 Å². The van der Waals surface area contributed by atoms with Gasteiger partial charge < -0.3 is 0 Å². The molecule has 1 rings (SSSR count). The predicted octanol–water partition coefficient (Wildman–Crippen LogP) is 5.02. The SMILES string of the molecule is CC(C)C=NC1CC(C(C)N=CC(C)C)CC(C)(C)C1. The van der Waals surface area contributed by atoms with Crippen molar-refractivity contribution in [3.63, 3.8) is 0 Å². The van der Waals surface area contributed by atoms with Gasteiger partial charge in [-0.3, -0.25) is 9.98 Å². The summed E-state index contributed by atoms with van der Waals surface area (Å²) >= 11 is 0. The van der Waals surface area contributed by atoms with Crippen molar-refractivity contribution >= 4 is 12.4 Å². The van der Waals surface area contributed by atoms with Crippen LogP contribution in [-0.4, -0.2) is 24.5 Å². The molecule has 1 fully saturated rings. The Balaban J connectivity index is 2.71. The van der Waals surface area contributed by atoms with Crippen LogP contribution < -0.4 is 0 Å². The molecule has 0 N–H and O–H groups in total. The van der Waals surface area contributed by atoms with Gasteiger partial charge >= 0.3 is 0 Å². The Labute approximate surface area is 126 Å². The third-order valence-electron chi connectivity index (χ3n) is 4.07. The van der Waals surface area contributed by atoms with Crippen LogP contribution in [0.5, 0.6) is 0 Å². The number of aliphatic imine (C=N–C) groups is 2. The molecule has 20 heavy (non-hydrogen) atoms. The van der Waals surface area contributed by atoms with Gasteiger partial charge in [-0.25, -0.2) is 0 Å². The van der Waals surface area contributed by atoms with Crippen molar-refractivity contribution in [1.82, 2.24) is 0 Å². The van der Waals surface area contributed by atoms with E-state index in [-0.39, 0.29) is 0 Å². The highest BCUT2D eigenvalue weighted by molar-refractivity contribution is 5.60. The lowest BCUT2D eigenvalue weighted by molar-refractivity contribution is 0.147. The van der Waals surface area contributed by atoms with Gasteiger partial charge in [-0.1, -0.05) is 41.5 Å². The van der Waals surface area contributed by atoms with Crippen LogP contribution in [0.4, 0.5) is 0 Å². The molecule has 0 aromatic carbocycles. The Morgan fingerprint density at radius 3 is 2.10 bits per heavy atom. The molecule has 1 aliphatic carbocycles. The molecule has 3 unspecified atom stereocenters. The maximum Gasteiger partial charge on any atom is 0.0504 e. The van der Waals surface area contributed by atoms with Crippen LogP contribution in [0.3, 0.4) is 0 Å². The fourth-order valence-electron chi connectivity index (χ4n) is 3.15. The average Bonchev–Trinajstić information content (AvgIpc) is 2.31. The molecule has 0 heterocycles. The quantitative estimate of drug-likeness (QED) is 0.631. The van der Waals surface area contributed by atoms with Crippen molar-refractivity contribution < 1.29 is 0 Å². The molecule has 0 spiro atoms. The molecule has 0 aromatic rings. The first-order valence-corrected chi connectivity index (χ1v) is 8.26. The maximum absolute atomic E-state index is 4.83. The second kappa shape index (κ2) is 7.38. The van der Waals surface area contributed by atoms with Crippen LogP contribution in [0.2, 0.25) is 0 Å². The van der Waals surface area contributed by atoms with Gasteiger partial charge in [0.15, 0.2) is 0 Å². The summed E-state index contributed by atoms with van der Waals surface area (Å²) in [6, 6.07) is 0.913. The number of rotatable bonds is 5. The summed E-state index contributed by atoms with van der Waals surface area (Å²) < 4.78 is 0. The highest BCUT2D eigenvalue weighted by Crippen LogP contribution is 2.41. The highest BCUT2D eigenvalue weighted by Gasteiger charge is 2.35. The zero-order valence-corrected chi connectivity index (χ0v) is 14.6. The Hall–Kier alpha value is -0.660. The van der Waals surface area contributed by atoms with Gasteiger partial charge in [-0.05, 0) is 49.4 Å². The summed E-state index contributed by atoms with van der Waals surface area (Å²) in [5.41, 5.74) is 0.392. The van der Waals surface area contributed by atoms with E-state index in [1.165, 1.54) is 19.3 Å². The van der Waals surface area contributed by atoms with Gasteiger partial charge in [-0.15, -0.1) is 0 Å². The molecule has 2 nitrogen and oxygen atoms in total. The van der Waals surface area contributed by atoms with E-state index in [1.807, 2.05) is 0 Å². The van der Waals surface area contributed by atoms with Gasteiger partial charge in [-0.2, -0.15) is 0 Å². The lowest BCUT2D eigenvalue weighted by atomic mass is 9.68. The minimum Gasteiger partial charge on any atom is -0.294 e. The third-order valence-corrected chi connectivity index (χ3v) is 4.07. The average molecular weight is 278 g/mol. The molecule has 0 aromatic heterocycles. The van der Waals surface area contributed by atoms with E-state index in [1.54, 1.807) is 0 Å². The lowest BCUT2D eigenvalue weighted by Gasteiger charge is -2.40. The molecule has 0 aliphatic heterocycles. The van der Waals surface area contributed by atoms with Crippen molar-refractivity contribution in [3.05, 3.63) is 0 Å². The molecule has 2 heteroatoms. The fourth-order valence-corrected chi connectivity index (χ4v) is 3.15. The molecule has 0 saturated heterocycles. The van der Waals surface area contributed by atoms with Crippen LogP contribution in [-0.2, 0) is 0 Å². The normalized spacial score (nSPS) is 28.9. The molecular weight excluding hydrogens is 244 g/mol. The van der Waals surface area contributed by atoms with E-state index in [4.69, 9.17) is 9.98 Å². The Kier molecular flexibility index (Phi) is 6.42. The van der Waals surface area contributed by atoms with Gasteiger partial charge in [0.1, 0.15) is 0 Å². The minimum absolute atomic E-state index is 0.392. The Bertz CT molecular complexity index is 339. The van der Waals surface area contributed by atoms with E-state index in [0.717, 1.165) is 0 Å². The second-order valence-electron chi connectivity index (χ2n) is 8.05. The van der Waals surface area contributed by atoms with Crippen LogP contribution in [0.25, 0.3) is 0 Å². The highest BCUT2D eigenvalue weighted by atomic mass is 14.8. The van der Waals surface area contributed by atoms with E-state index in [0.29, 0.717) is 35.3 Å². The molecular formula is C18H34N2. The first kappa shape index (κ1) is 17.4. The van der Waals surface area contributed by atoms with Crippen molar-refractivity contribution in [2.45, 2.75) is 79.8 Å². The first-order chi connectivity index (χ1) is 9.19. The predicted molar refractivity (Wildman–Crippen MR) is 91.0 cm³/mol. The lowest BCUT2D eigenvalue weighted by Crippen LogP contribution is -2.35. The number of hydrogen-bond donors (Lipinski definition) is 0. The molecule has 0 radical (unpaired) electrons. The molecule has 0 bridgehead atoms. The van der Waals surface area contributed by atoms with E-state index in [2.05, 4.69) is 60.9 Å². The zero-order chi connectivity index (χ0) is 15.3. The topological polar surface area (TPSA) is 24.7 Å². The second-order valence-corrected chi connectivity index (χ2v) is 8.05. The summed E-state index contributed by atoms with van der Waals surface area (Å²) in [5, 5.41) is 0. The monoisotopic (exact) mass is 278 g/mol. The van der Waals surface area contributed by atoms with E-state index >= 15 is 0 Å². The van der Waals surface area contributed by atoms with Crippen LogP contribution in [0.1, 0.15) is 67.7 Å². The molecule has 1 saturated carbocycles. The smallest absolute Gasteiger partial charge is 0.0504 e. The minimum atomic E-state index is 0.392. The molecule has 0 amide bonds. The largest absolute Gasteiger partial charge is 0.294 e. The van der Waals surface area contributed by atoms with Crippen molar-refractivity contribution in [1.29, 1.82) is 0 Å². The van der Waals surface area contributed by atoms with Gasteiger partial charge in [0, 0.05) is 18.5 Å². The van der Waals surface area contributed by atoms with Gasteiger partial charge in [0.2, 0.25) is 0 Å². The first-order valence-electron chi connectivity index (χ1n) is 8.26. The number of nitrogens with zero attached hydrogens (tertiary/aromatic N) is 2. The van der Waals surface area contributed by atoms with Crippen LogP contribution >= 0.6 is 0 Å². The standard InChI is InChI=1S/C18H34N2/c1-13(2)11-19-15(5)16-8-17(20-12-14(3)4)10-18(6,7)9-16/h11-17H,8-10H2,1-7H3. The Morgan fingerprint density at radius 2 is 1.55 bits per heavy atom. The fraction of sp³-hybridized carbons (Fsp3) is 0.889. The summed E-state index contributed by atoms with van der Waals surface area (Å²) in [6.07, 6.45) is 7.93. The van der Waals surface area contributed by atoms with Crippen molar-refractivity contribution in [2.75, 3.05) is 0 Å². The van der Waals surface area contributed by atoms with E-state index in [9.17, 15) is 0 Å². The van der Waals surface area contributed by atoms with Gasteiger partial charge in [0.25, 0.3) is 0 Å². The molecule has 116 valence electrons. The maximum atomic E-state index is 4.83. The summed E-state index contributed by atoms with van der Waals surface area (Å²) in [6.45, 7) is 15.8. The van der Waals surface area contributed by atoms with Crippen molar-refractivity contribution in [2.24, 2.45) is 33.2 Å². The summed E-state index contributed by atoms with van der Waals surface area (Å²) in [5.74, 6) is 1.77. The van der Waals surface area contributed by atoms with Crippen LogP contribution in [0, 0.1) is 23.2 Å². The number of hydrogen-bond acceptors (Lipinski definition) is 2. The Morgan fingerprint density at radius 1 is 0.950 bits per heavy atom. The van der Waals surface area contributed by atoms with Crippen molar-refractivity contribution in [3.8, 4) is 0 Å². The molecule has 3 atom stereocenters. The van der Waals surface area contributed by atoms with Crippen LogP contribution in [0.15, 0.2) is 9.98 Å². The summed E-state index contributed by atoms with van der Waals surface area (Å²) in [4.78, 5) is 9.59. The van der Waals surface area contributed by atoms with Gasteiger partial charge in [0.05, 0.1) is 6.04 Å².